The number of carbonyl (C=O) groups excluding carboxylic acids is 3. The summed E-state index contributed by atoms with van der Waals surface area (Å²) in [6.45, 7) is 5.63. The molecule has 4 aliphatic rings. The van der Waals surface area contributed by atoms with Crippen LogP contribution in [0.2, 0.25) is 0 Å². The van der Waals surface area contributed by atoms with Crippen molar-refractivity contribution in [3.05, 3.63) is 0 Å². The van der Waals surface area contributed by atoms with Crippen LogP contribution < -0.4 is 10.7 Å². The van der Waals surface area contributed by atoms with E-state index in [0.717, 1.165) is 24.3 Å². The predicted octanol–water partition coefficient (Wildman–Crippen LogP) is -0.756. The molecule has 12 nitrogen and oxygen atoms in total. The number of piperazine rings is 1. The highest BCUT2D eigenvalue weighted by Crippen LogP contribution is 2.33. The maximum absolute atomic E-state index is 13.0. The van der Waals surface area contributed by atoms with Crippen LogP contribution in [0.1, 0.15) is 46.0 Å². The second kappa shape index (κ2) is 9.45. The first-order chi connectivity index (χ1) is 15.6. The van der Waals surface area contributed by atoms with Gasteiger partial charge in [0.1, 0.15) is 5.54 Å². The standard InChI is InChI=1S/C20H34N6O6S/c1-15-12-25(13-16(2)32-15)33(30,31)24-10-8-23(9-11-24)14-17(27)22-26-18(28)20(21-19(26)29)6-4-3-5-7-20/h15-16H,3-14H2,1-2H3,(H,21,29)(H,22,27). The number of amides is 4. The Hall–Kier alpha value is -1.80. The first kappa shape index (κ1) is 24.3. The van der Waals surface area contributed by atoms with E-state index >= 15 is 0 Å². The van der Waals surface area contributed by atoms with E-state index in [2.05, 4.69) is 10.7 Å². The fourth-order valence-corrected chi connectivity index (χ4v) is 6.93. The molecule has 0 bridgehead atoms. The molecule has 2 N–H and O–H groups in total. The van der Waals surface area contributed by atoms with Crippen molar-refractivity contribution in [2.45, 2.75) is 63.7 Å². The fraction of sp³-hybridized carbons (Fsp3) is 0.850. The van der Waals surface area contributed by atoms with Gasteiger partial charge in [-0.25, -0.2) is 4.79 Å². The molecule has 2 atom stereocenters. The molecule has 0 aromatic carbocycles. The Labute approximate surface area is 194 Å². The second-order valence-electron chi connectivity index (χ2n) is 9.51. The minimum absolute atomic E-state index is 0.0242. The smallest absolute Gasteiger partial charge is 0.344 e. The van der Waals surface area contributed by atoms with Gasteiger partial charge in [0.2, 0.25) is 0 Å². The van der Waals surface area contributed by atoms with E-state index in [-0.39, 0.29) is 31.8 Å². The Balaban J connectivity index is 1.27. The minimum Gasteiger partial charge on any atom is -0.373 e. The number of urea groups is 1. The lowest BCUT2D eigenvalue weighted by atomic mass is 9.82. The minimum atomic E-state index is -3.60. The monoisotopic (exact) mass is 486 g/mol. The van der Waals surface area contributed by atoms with E-state index in [1.54, 1.807) is 0 Å². The van der Waals surface area contributed by atoms with Gasteiger partial charge in [0.15, 0.2) is 0 Å². The average molecular weight is 487 g/mol. The molecule has 13 heteroatoms. The zero-order valence-electron chi connectivity index (χ0n) is 19.3. The molecule has 3 saturated heterocycles. The molecule has 2 unspecified atom stereocenters. The van der Waals surface area contributed by atoms with Crippen molar-refractivity contribution in [1.82, 2.24) is 29.3 Å². The highest BCUT2D eigenvalue weighted by Gasteiger charge is 2.52. The number of ether oxygens (including phenoxy) is 1. The Morgan fingerprint density at radius 2 is 1.64 bits per heavy atom. The molecule has 1 spiro atoms. The highest BCUT2D eigenvalue weighted by atomic mass is 32.2. The first-order valence-corrected chi connectivity index (χ1v) is 13.1. The first-order valence-electron chi connectivity index (χ1n) is 11.7. The fourth-order valence-electron chi connectivity index (χ4n) is 5.18. The number of imide groups is 1. The number of hydrazine groups is 1. The topological polar surface area (TPSA) is 132 Å². The van der Waals surface area contributed by atoms with Gasteiger partial charge in [-0.05, 0) is 26.7 Å². The SMILES string of the molecule is CC1CN(S(=O)(=O)N2CCN(CC(=O)NN3C(=O)NC4(CCCCC4)C3=O)CC2)CC(C)O1. The number of nitrogens with one attached hydrogen (secondary N) is 2. The van der Waals surface area contributed by atoms with Crippen molar-refractivity contribution < 1.29 is 27.5 Å². The summed E-state index contributed by atoms with van der Waals surface area (Å²) < 4.78 is 34.6. The molecule has 0 aromatic rings. The van der Waals surface area contributed by atoms with Gasteiger partial charge < -0.3 is 10.1 Å². The van der Waals surface area contributed by atoms with Gasteiger partial charge >= 0.3 is 6.03 Å². The predicted molar refractivity (Wildman–Crippen MR) is 118 cm³/mol. The number of hydrogen-bond acceptors (Lipinski definition) is 7. The van der Waals surface area contributed by atoms with Gasteiger partial charge in [-0.1, -0.05) is 19.3 Å². The molecule has 3 aliphatic heterocycles. The average Bonchev–Trinajstić information content (AvgIpc) is 2.97. The van der Waals surface area contributed by atoms with E-state index in [1.165, 1.54) is 8.61 Å². The van der Waals surface area contributed by atoms with Crippen LogP contribution in [0.3, 0.4) is 0 Å². The van der Waals surface area contributed by atoms with Crippen LogP contribution in [0.5, 0.6) is 0 Å². The molecule has 1 saturated carbocycles. The van der Waals surface area contributed by atoms with Crippen molar-refractivity contribution in [1.29, 1.82) is 0 Å². The Morgan fingerprint density at radius 1 is 1.03 bits per heavy atom. The summed E-state index contributed by atoms with van der Waals surface area (Å²) in [5, 5.41) is 3.56. The van der Waals surface area contributed by atoms with Gasteiger partial charge in [0.05, 0.1) is 18.8 Å². The van der Waals surface area contributed by atoms with E-state index in [9.17, 15) is 22.8 Å². The third kappa shape index (κ3) is 5.02. The number of nitrogens with zero attached hydrogens (tertiary/aromatic N) is 4. The Morgan fingerprint density at radius 3 is 2.24 bits per heavy atom. The molecular weight excluding hydrogens is 452 g/mol. The number of carbonyl (C=O) groups is 3. The summed E-state index contributed by atoms with van der Waals surface area (Å²) in [6.07, 6.45) is 3.61. The molecule has 4 fully saturated rings. The van der Waals surface area contributed by atoms with Crippen LogP contribution in [-0.2, 0) is 24.5 Å². The molecule has 3 heterocycles. The summed E-state index contributed by atoms with van der Waals surface area (Å²) in [5.74, 6) is -0.871. The third-order valence-corrected chi connectivity index (χ3v) is 8.81. The molecule has 0 radical (unpaired) electrons. The van der Waals surface area contributed by atoms with Crippen molar-refractivity contribution in [2.75, 3.05) is 45.8 Å². The lowest BCUT2D eigenvalue weighted by Gasteiger charge is -2.40. The van der Waals surface area contributed by atoms with E-state index in [4.69, 9.17) is 4.74 Å². The van der Waals surface area contributed by atoms with Crippen LogP contribution in [-0.4, -0.2) is 108 Å². The van der Waals surface area contributed by atoms with Gasteiger partial charge in [-0.2, -0.15) is 22.0 Å². The molecular formula is C20H34N6O6S. The quantitative estimate of drug-likeness (QED) is 0.489. The van der Waals surface area contributed by atoms with Gasteiger partial charge in [-0.3, -0.25) is 19.9 Å². The van der Waals surface area contributed by atoms with Crippen LogP contribution in [0.25, 0.3) is 0 Å². The summed E-state index contributed by atoms with van der Waals surface area (Å²) in [7, 11) is -3.60. The lowest BCUT2D eigenvalue weighted by Crippen LogP contribution is -2.58. The van der Waals surface area contributed by atoms with Crippen LogP contribution in [0.15, 0.2) is 0 Å². The Bertz CT molecular complexity index is 873. The third-order valence-electron chi connectivity index (χ3n) is 6.84. The van der Waals surface area contributed by atoms with Crippen molar-refractivity contribution in [2.24, 2.45) is 0 Å². The van der Waals surface area contributed by atoms with Crippen LogP contribution in [0.4, 0.5) is 4.79 Å². The molecule has 33 heavy (non-hydrogen) atoms. The zero-order chi connectivity index (χ0) is 23.8. The normalized spacial score (nSPS) is 29.9. The highest BCUT2D eigenvalue weighted by molar-refractivity contribution is 7.86. The lowest BCUT2D eigenvalue weighted by molar-refractivity contribution is -0.140. The molecule has 4 amide bonds. The Kier molecular flexibility index (Phi) is 6.97. The van der Waals surface area contributed by atoms with E-state index in [1.807, 2.05) is 18.7 Å². The maximum Gasteiger partial charge on any atom is 0.344 e. The zero-order valence-corrected chi connectivity index (χ0v) is 20.1. The molecule has 0 aromatic heterocycles. The van der Waals surface area contributed by atoms with Crippen molar-refractivity contribution in [3.63, 3.8) is 0 Å². The summed E-state index contributed by atoms with van der Waals surface area (Å²) >= 11 is 0. The molecule has 4 rings (SSSR count). The van der Waals surface area contributed by atoms with Gasteiger partial charge in [-0.15, -0.1) is 0 Å². The van der Waals surface area contributed by atoms with E-state index < -0.39 is 33.6 Å². The van der Waals surface area contributed by atoms with Crippen molar-refractivity contribution in [3.8, 4) is 0 Å². The largest absolute Gasteiger partial charge is 0.373 e. The summed E-state index contributed by atoms with van der Waals surface area (Å²) in [4.78, 5) is 39.5. The number of rotatable bonds is 5. The number of hydrogen-bond donors (Lipinski definition) is 2. The van der Waals surface area contributed by atoms with Crippen molar-refractivity contribution >= 4 is 28.1 Å². The summed E-state index contributed by atoms with van der Waals surface area (Å²) in [5.41, 5.74) is 1.55. The maximum atomic E-state index is 13.0. The molecule has 186 valence electrons. The summed E-state index contributed by atoms with van der Waals surface area (Å²) in [6, 6.07) is -0.597. The van der Waals surface area contributed by atoms with Gasteiger partial charge in [0, 0.05) is 39.3 Å². The van der Waals surface area contributed by atoms with Crippen LogP contribution in [0, 0.1) is 0 Å². The second-order valence-corrected chi connectivity index (χ2v) is 11.4. The van der Waals surface area contributed by atoms with E-state index in [0.29, 0.717) is 39.0 Å². The van der Waals surface area contributed by atoms with Gasteiger partial charge in [0.25, 0.3) is 22.0 Å². The number of morpholine rings is 1. The van der Waals surface area contributed by atoms with Crippen LogP contribution >= 0.6 is 0 Å². The molecule has 1 aliphatic carbocycles.